The molecule has 23 heavy (non-hydrogen) atoms. The molecule has 1 fully saturated rings. The Labute approximate surface area is 135 Å². The fourth-order valence-corrected chi connectivity index (χ4v) is 2.07. The number of ether oxygens (including phenoxy) is 1. The topological polar surface area (TPSA) is 76.1 Å². The van der Waals surface area contributed by atoms with E-state index < -0.39 is 0 Å². The Hall–Kier alpha value is -2.63. The van der Waals surface area contributed by atoms with Crippen LogP contribution in [0.4, 0.5) is 11.5 Å². The van der Waals surface area contributed by atoms with Gasteiger partial charge < -0.3 is 15.4 Å². The maximum absolute atomic E-state index is 11.9. The lowest BCUT2D eigenvalue weighted by molar-refractivity contribution is 0.0945. The first-order valence-corrected chi connectivity index (χ1v) is 7.79. The number of hydrogen-bond acceptors (Lipinski definition) is 5. The van der Waals surface area contributed by atoms with Gasteiger partial charge in [0.05, 0.1) is 11.8 Å². The van der Waals surface area contributed by atoms with Crippen LogP contribution in [0.2, 0.25) is 0 Å². The van der Waals surface area contributed by atoms with Crippen molar-refractivity contribution in [1.29, 1.82) is 0 Å². The van der Waals surface area contributed by atoms with Crippen molar-refractivity contribution in [2.45, 2.75) is 38.8 Å². The van der Waals surface area contributed by atoms with Crippen molar-refractivity contribution >= 4 is 17.4 Å². The molecule has 0 radical (unpaired) electrons. The van der Waals surface area contributed by atoms with Crippen LogP contribution < -0.4 is 15.4 Å². The predicted octanol–water partition coefficient (Wildman–Crippen LogP) is 2.90. The van der Waals surface area contributed by atoms with Crippen molar-refractivity contribution < 1.29 is 9.53 Å². The van der Waals surface area contributed by atoms with E-state index >= 15 is 0 Å². The van der Waals surface area contributed by atoms with Crippen molar-refractivity contribution in [3.8, 4) is 5.75 Å². The molecule has 0 aliphatic heterocycles. The van der Waals surface area contributed by atoms with Crippen LogP contribution in [0, 0.1) is 0 Å². The molecule has 1 amide bonds. The summed E-state index contributed by atoms with van der Waals surface area (Å²) in [5.41, 5.74) is 1.14. The fourth-order valence-electron chi connectivity index (χ4n) is 2.07. The second-order valence-electron chi connectivity index (χ2n) is 5.84. The van der Waals surface area contributed by atoms with Crippen LogP contribution in [0.3, 0.4) is 0 Å². The van der Waals surface area contributed by atoms with E-state index in [1.54, 1.807) is 12.1 Å². The molecule has 1 aromatic carbocycles. The van der Waals surface area contributed by atoms with Gasteiger partial charge in [-0.15, -0.1) is 10.2 Å². The van der Waals surface area contributed by atoms with E-state index in [-0.39, 0.29) is 12.0 Å². The van der Waals surface area contributed by atoms with E-state index in [1.165, 1.54) is 0 Å². The van der Waals surface area contributed by atoms with Crippen molar-refractivity contribution in [1.82, 2.24) is 15.5 Å². The van der Waals surface area contributed by atoms with Crippen LogP contribution in [-0.2, 0) is 0 Å². The normalized spacial score (nSPS) is 13.7. The molecule has 3 rings (SSSR count). The quantitative estimate of drug-likeness (QED) is 0.857. The lowest BCUT2D eigenvalue weighted by atomic mass is 10.3. The number of rotatable bonds is 6. The SMILES string of the molecule is CC(C)Oc1ccccc1Nc1ccc(C(=O)NC2CC2)nn1. The molecule has 120 valence electrons. The van der Waals surface area contributed by atoms with Gasteiger partial charge in [0.15, 0.2) is 11.5 Å². The Bertz CT molecular complexity index is 681. The highest BCUT2D eigenvalue weighted by Crippen LogP contribution is 2.27. The zero-order valence-corrected chi connectivity index (χ0v) is 13.2. The van der Waals surface area contributed by atoms with Crippen molar-refractivity contribution in [3.05, 3.63) is 42.1 Å². The summed E-state index contributed by atoms with van der Waals surface area (Å²) >= 11 is 0. The van der Waals surface area contributed by atoms with E-state index in [1.807, 2.05) is 38.1 Å². The first-order valence-electron chi connectivity index (χ1n) is 7.79. The van der Waals surface area contributed by atoms with E-state index in [0.29, 0.717) is 17.6 Å². The molecule has 1 heterocycles. The van der Waals surface area contributed by atoms with Crippen LogP contribution in [0.5, 0.6) is 5.75 Å². The monoisotopic (exact) mass is 312 g/mol. The number of carbonyl (C=O) groups excluding carboxylic acids is 1. The highest BCUT2D eigenvalue weighted by molar-refractivity contribution is 5.92. The van der Waals surface area contributed by atoms with E-state index in [2.05, 4.69) is 20.8 Å². The number of carbonyl (C=O) groups is 1. The first kappa shape index (κ1) is 15.3. The molecule has 1 aromatic heterocycles. The third-order valence-corrected chi connectivity index (χ3v) is 3.32. The second kappa shape index (κ2) is 6.64. The van der Waals surface area contributed by atoms with Gasteiger partial charge in [0.1, 0.15) is 5.75 Å². The minimum absolute atomic E-state index is 0.0810. The average molecular weight is 312 g/mol. The Kier molecular flexibility index (Phi) is 4.41. The van der Waals surface area contributed by atoms with E-state index in [0.717, 1.165) is 24.3 Å². The number of nitrogens with zero attached hydrogens (tertiary/aromatic N) is 2. The fraction of sp³-hybridized carbons (Fsp3) is 0.353. The highest BCUT2D eigenvalue weighted by atomic mass is 16.5. The molecule has 1 aliphatic rings. The van der Waals surface area contributed by atoms with Crippen LogP contribution in [-0.4, -0.2) is 28.3 Å². The minimum atomic E-state index is -0.171. The van der Waals surface area contributed by atoms with Gasteiger partial charge in [-0.2, -0.15) is 0 Å². The molecule has 0 bridgehead atoms. The standard InChI is InChI=1S/C17H20N4O2/c1-11(2)23-15-6-4-3-5-13(15)19-16-10-9-14(20-21-16)17(22)18-12-7-8-12/h3-6,9-12H,7-8H2,1-2H3,(H,18,22)(H,19,21). The summed E-state index contributed by atoms with van der Waals surface area (Å²) in [6.45, 7) is 3.95. The summed E-state index contributed by atoms with van der Waals surface area (Å²) < 4.78 is 5.76. The first-order chi connectivity index (χ1) is 11.1. The summed E-state index contributed by atoms with van der Waals surface area (Å²) in [4.78, 5) is 11.9. The number of benzene rings is 1. The zero-order valence-electron chi connectivity index (χ0n) is 13.2. The molecule has 6 nitrogen and oxygen atoms in total. The molecular formula is C17H20N4O2. The van der Waals surface area contributed by atoms with Crippen molar-refractivity contribution in [2.24, 2.45) is 0 Å². The number of nitrogens with one attached hydrogen (secondary N) is 2. The number of hydrogen-bond donors (Lipinski definition) is 2. The van der Waals surface area contributed by atoms with Gasteiger partial charge >= 0.3 is 0 Å². The van der Waals surface area contributed by atoms with Gasteiger partial charge in [0, 0.05) is 6.04 Å². The number of anilines is 2. The summed E-state index contributed by atoms with van der Waals surface area (Å²) in [5.74, 6) is 1.14. The average Bonchev–Trinajstić information content (AvgIpc) is 3.33. The molecule has 2 N–H and O–H groups in total. The van der Waals surface area contributed by atoms with E-state index in [4.69, 9.17) is 4.74 Å². The maximum atomic E-state index is 11.9. The largest absolute Gasteiger partial charge is 0.489 e. The van der Waals surface area contributed by atoms with Crippen LogP contribution in [0.15, 0.2) is 36.4 Å². The van der Waals surface area contributed by atoms with Gasteiger partial charge in [0.25, 0.3) is 5.91 Å². The third-order valence-electron chi connectivity index (χ3n) is 3.32. The third kappa shape index (κ3) is 4.18. The predicted molar refractivity (Wildman–Crippen MR) is 88.0 cm³/mol. The van der Waals surface area contributed by atoms with Gasteiger partial charge in [0.2, 0.25) is 0 Å². The molecule has 6 heteroatoms. The Morgan fingerprint density at radius 1 is 1.17 bits per heavy atom. The maximum Gasteiger partial charge on any atom is 0.272 e. The Balaban J connectivity index is 1.69. The lowest BCUT2D eigenvalue weighted by Crippen LogP contribution is -2.26. The molecule has 0 unspecified atom stereocenters. The highest BCUT2D eigenvalue weighted by Gasteiger charge is 2.24. The smallest absolute Gasteiger partial charge is 0.272 e. The summed E-state index contributed by atoms with van der Waals surface area (Å²) in [7, 11) is 0. The molecular weight excluding hydrogens is 292 g/mol. The molecule has 1 aliphatic carbocycles. The molecule has 2 aromatic rings. The van der Waals surface area contributed by atoms with Crippen molar-refractivity contribution in [2.75, 3.05) is 5.32 Å². The minimum Gasteiger partial charge on any atom is -0.489 e. The van der Waals surface area contributed by atoms with Crippen molar-refractivity contribution in [3.63, 3.8) is 0 Å². The number of amides is 1. The summed E-state index contributed by atoms with van der Waals surface area (Å²) in [5, 5.41) is 14.1. The summed E-state index contributed by atoms with van der Waals surface area (Å²) in [6, 6.07) is 11.3. The van der Waals surface area contributed by atoms with Crippen LogP contribution in [0.1, 0.15) is 37.2 Å². The van der Waals surface area contributed by atoms with Gasteiger partial charge in [-0.1, -0.05) is 12.1 Å². The zero-order chi connectivity index (χ0) is 16.2. The number of para-hydroxylation sites is 2. The van der Waals surface area contributed by atoms with Crippen LogP contribution >= 0.6 is 0 Å². The van der Waals surface area contributed by atoms with Gasteiger partial charge in [-0.05, 0) is 51.0 Å². The number of aromatic nitrogens is 2. The molecule has 0 saturated heterocycles. The molecule has 0 atom stereocenters. The molecule has 0 spiro atoms. The Morgan fingerprint density at radius 3 is 2.61 bits per heavy atom. The summed E-state index contributed by atoms with van der Waals surface area (Å²) in [6.07, 6.45) is 2.18. The molecule has 1 saturated carbocycles. The van der Waals surface area contributed by atoms with Crippen LogP contribution in [0.25, 0.3) is 0 Å². The van der Waals surface area contributed by atoms with Gasteiger partial charge in [-0.3, -0.25) is 4.79 Å². The van der Waals surface area contributed by atoms with E-state index in [9.17, 15) is 4.79 Å². The second-order valence-corrected chi connectivity index (χ2v) is 5.84. The van der Waals surface area contributed by atoms with Gasteiger partial charge in [-0.25, -0.2) is 0 Å². The Morgan fingerprint density at radius 2 is 1.96 bits per heavy atom. The lowest BCUT2D eigenvalue weighted by Gasteiger charge is -2.14.